The average Bonchev–Trinajstić information content (AvgIpc) is 3.47. The van der Waals surface area contributed by atoms with Crippen molar-refractivity contribution in [3.63, 3.8) is 0 Å². The second-order valence-corrected chi connectivity index (χ2v) is 9.65. The molecule has 9 nitrogen and oxygen atoms in total. The molecule has 0 saturated carbocycles. The van der Waals surface area contributed by atoms with Crippen molar-refractivity contribution in [3.05, 3.63) is 72.0 Å². The Kier molecular flexibility index (Phi) is 5.87. The fraction of sp³-hybridized carbons (Fsp3) is 0.150. The highest BCUT2D eigenvalue weighted by Crippen LogP contribution is 2.26. The van der Waals surface area contributed by atoms with Crippen LogP contribution in [0.4, 0.5) is 5.69 Å². The van der Waals surface area contributed by atoms with Gasteiger partial charge in [0.25, 0.3) is 15.9 Å². The number of rotatable bonds is 8. The van der Waals surface area contributed by atoms with Crippen LogP contribution in [-0.4, -0.2) is 42.6 Å². The van der Waals surface area contributed by atoms with E-state index in [-0.39, 0.29) is 23.3 Å². The van der Waals surface area contributed by atoms with Gasteiger partial charge in [0.1, 0.15) is 9.96 Å². The van der Waals surface area contributed by atoms with E-state index in [1.54, 1.807) is 46.2 Å². The number of pyridine rings is 1. The molecule has 11 heteroatoms. The minimum Gasteiger partial charge on any atom is -0.484 e. The fourth-order valence-electron chi connectivity index (χ4n) is 2.83. The quantitative estimate of drug-likeness (QED) is 0.435. The summed E-state index contributed by atoms with van der Waals surface area (Å²) in [5.74, 6) is 0.756. The first-order valence-corrected chi connectivity index (χ1v) is 11.6. The molecule has 0 unspecified atom stereocenters. The van der Waals surface area contributed by atoms with Crippen LogP contribution in [0.25, 0.3) is 5.65 Å². The highest BCUT2D eigenvalue weighted by Gasteiger charge is 2.22. The Morgan fingerprint density at radius 1 is 1.13 bits per heavy atom. The number of carbonyl (C=O) groups excluding carboxylic acids is 1. The van der Waals surface area contributed by atoms with Gasteiger partial charge in [-0.2, -0.15) is 0 Å². The molecule has 1 amide bonds. The standard InChI is InChI=1S/C20H19N5O4S2/c1-24(31(27,28)20-6-4-12-30-20)15-7-9-16(10-8-15)29-14-19(26)21-13-18-23-22-17-5-2-3-11-25(17)18/h2-12H,13-14H2,1H3,(H,21,26). The van der Waals surface area contributed by atoms with E-state index in [2.05, 4.69) is 15.5 Å². The van der Waals surface area contributed by atoms with Gasteiger partial charge in [-0.15, -0.1) is 21.5 Å². The molecule has 1 aromatic carbocycles. The van der Waals surface area contributed by atoms with Gasteiger partial charge in [-0.05, 0) is 47.8 Å². The largest absolute Gasteiger partial charge is 0.484 e. The van der Waals surface area contributed by atoms with E-state index < -0.39 is 10.0 Å². The lowest BCUT2D eigenvalue weighted by atomic mass is 10.3. The lowest BCUT2D eigenvalue weighted by molar-refractivity contribution is -0.123. The van der Waals surface area contributed by atoms with Crippen LogP contribution in [0, 0.1) is 0 Å². The number of nitrogens with zero attached hydrogens (tertiary/aromatic N) is 4. The van der Waals surface area contributed by atoms with Crippen molar-refractivity contribution in [3.8, 4) is 5.75 Å². The summed E-state index contributed by atoms with van der Waals surface area (Å²) in [4.78, 5) is 12.1. The van der Waals surface area contributed by atoms with Gasteiger partial charge in [-0.1, -0.05) is 12.1 Å². The van der Waals surface area contributed by atoms with Crippen molar-refractivity contribution in [2.45, 2.75) is 10.8 Å². The van der Waals surface area contributed by atoms with E-state index in [1.165, 1.54) is 11.4 Å². The number of nitrogens with one attached hydrogen (secondary N) is 1. The number of ether oxygens (including phenoxy) is 1. The number of hydrogen-bond acceptors (Lipinski definition) is 7. The van der Waals surface area contributed by atoms with Crippen molar-refractivity contribution < 1.29 is 17.9 Å². The van der Waals surface area contributed by atoms with Crippen molar-refractivity contribution in [2.75, 3.05) is 18.0 Å². The zero-order valence-electron chi connectivity index (χ0n) is 16.5. The first kappa shape index (κ1) is 20.8. The normalized spacial score (nSPS) is 11.4. The number of aromatic nitrogens is 3. The van der Waals surface area contributed by atoms with Gasteiger partial charge in [0.15, 0.2) is 18.1 Å². The molecule has 1 N–H and O–H groups in total. The van der Waals surface area contributed by atoms with Crippen LogP contribution in [-0.2, 0) is 21.4 Å². The SMILES string of the molecule is CN(c1ccc(OCC(=O)NCc2nnc3ccccn23)cc1)S(=O)(=O)c1cccs1. The molecule has 3 aromatic heterocycles. The van der Waals surface area contributed by atoms with Crippen LogP contribution < -0.4 is 14.4 Å². The maximum Gasteiger partial charge on any atom is 0.273 e. The predicted octanol–water partition coefficient (Wildman–Crippen LogP) is 2.31. The summed E-state index contributed by atoms with van der Waals surface area (Å²) in [6.07, 6.45) is 1.82. The average molecular weight is 458 g/mol. The maximum absolute atomic E-state index is 12.6. The molecular formula is C20H19N5O4S2. The van der Waals surface area contributed by atoms with Gasteiger partial charge in [0.2, 0.25) is 0 Å². The van der Waals surface area contributed by atoms with Crippen LogP contribution >= 0.6 is 11.3 Å². The molecule has 0 fully saturated rings. The third kappa shape index (κ3) is 4.52. The Hall–Kier alpha value is -3.44. The summed E-state index contributed by atoms with van der Waals surface area (Å²) in [5, 5.41) is 12.5. The molecule has 0 saturated heterocycles. The summed E-state index contributed by atoms with van der Waals surface area (Å²) < 4.78 is 33.9. The molecule has 0 aliphatic rings. The first-order valence-electron chi connectivity index (χ1n) is 9.26. The summed E-state index contributed by atoms with van der Waals surface area (Å²) in [7, 11) is -2.11. The number of hydrogen-bond donors (Lipinski definition) is 1. The van der Waals surface area contributed by atoms with Crippen LogP contribution in [0.2, 0.25) is 0 Å². The summed E-state index contributed by atoms with van der Waals surface area (Å²) in [6.45, 7) is 0.0388. The molecular weight excluding hydrogens is 438 g/mol. The Morgan fingerprint density at radius 3 is 2.68 bits per heavy atom. The summed E-state index contributed by atoms with van der Waals surface area (Å²) >= 11 is 1.16. The Balaban J connectivity index is 1.31. The van der Waals surface area contributed by atoms with Gasteiger partial charge in [0.05, 0.1) is 12.2 Å². The van der Waals surface area contributed by atoms with Crippen molar-refractivity contribution in [1.29, 1.82) is 0 Å². The highest BCUT2D eigenvalue weighted by molar-refractivity contribution is 7.94. The highest BCUT2D eigenvalue weighted by atomic mass is 32.2. The molecule has 4 aromatic rings. The number of sulfonamides is 1. The maximum atomic E-state index is 12.6. The fourth-order valence-corrected chi connectivity index (χ4v) is 5.18. The Morgan fingerprint density at radius 2 is 1.94 bits per heavy atom. The van der Waals surface area contributed by atoms with E-state index in [0.29, 0.717) is 22.9 Å². The van der Waals surface area contributed by atoms with Crippen molar-refractivity contribution >= 4 is 38.6 Å². The second kappa shape index (κ2) is 8.74. The molecule has 160 valence electrons. The lowest BCUT2D eigenvalue weighted by Gasteiger charge is -2.18. The molecule has 4 rings (SSSR count). The second-order valence-electron chi connectivity index (χ2n) is 6.51. The Bertz CT molecular complexity index is 1280. The topological polar surface area (TPSA) is 106 Å². The minimum absolute atomic E-state index is 0.181. The number of anilines is 1. The molecule has 0 atom stereocenters. The molecule has 0 aliphatic carbocycles. The molecule has 0 spiro atoms. The van der Waals surface area contributed by atoms with E-state index >= 15 is 0 Å². The number of fused-ring (bicyclic) bond motifs is 1. The van der Waals surface area contributed by atoms with E-state index in [4.69, 9.17) is 4.74 Å². The first-order chi connectivity index (χ1) is 14.9. The van der Waals surface area contributed by atoms with E-state index in [9.17, 15) is 13.2 Å². The number of carbonyl (C=O) groups is 1. The lowest BCUT2D eigenvalue weighted by Crippen LogP contribution is -2.29. The smallest absolute Gasteiger partial charge is 0.273 e. The third-order valence-corrected chi connectivity index (χ3v) is 7.67. The Labute approximate surface area is 183 Å². The number of benzene rings is 1. The van der Waals surface area contributed by atoms with Gasteiger partial charge >= 0.3 is 0 Å². The van der Waals surface area contributed by atoms with Crippen LogP contribution in [0.15, 0.2) is 70.4 Å². The molecule has 0 bridgehead atoms. The van der Waals surface area contributed by atoms with Gasteiger partial charge in [0, 0.05) is 13.2 Å². The summed E-state index contributed by atoms with van der Waals surface area (Å²) in [6, 6.07) is 15.3. The zero-order chi connectivity index (χ0) is 21.8. The van der Waals surface area contributed by atoms with Crippen molar-refractivity contribution in [1.82, 2.24) is 19.9 Å². The number of thiophene rings is 1. The van der Waals surface area contributed by atoms with Crippen LogP contribution in [0.1, 0.15) is 5.82 Å². The summed E-state index contributed by atoms with van der Waals surface area (Å²) in [5.41, 5.74) is 1.19. The number of amides is 1. The predicted molar refractivity (Wildman–Crippen MR) is 117 cm³/mol. The van der Waals surface area contributed by atoms with Crippen LogP contribution in [0.5, 0.6) is 5.75 Å². The molecule has 0 radical (unpaired) electrons. The van der Waals surface area contributed by atoms with E-state index in [0.717, 1.165) is 11.3 Å². The van der Waals surface area contributed by atoms with Crippen LogP contribution in [0.3, 0.4) is 0 Å². The minimum atomic E-state index is -3.60. The van der Waals surface area contributed by atoms with E-state index in [1.807, 2.05) is 24.4 Å². The van der Waals surface area contributed by atoms with Gasteiger partial charge < -0.3 is 10.1 Å². The molecule has 0 aliphatic heterocycles. The molecule has 31 heavy (non-hydrogen) atoms. The third-order valence-electron chi connectivity index (χ3n) is 4.51. The van der Waals surface area contributed by atoms with Gasteiger partial charge in [-0.3, -0.25) is 13.5 Å². The van der Waals surface area contributed by atoms with Crippen molar-refractivity contribution in [2.24, 2.45) is 0 Å². The monoisotopic (exact) mass is 457 g/mol. The zero-order valence-corrected chi connectivity index (χ0v) is 18.1. The molecule has 3 heterocycles. The van der Waals surface area contributed by atoms with Gasteiger partial charge in [-0.25, -0.2) is 8.42 Å².